The van der Waals surface area contributed by atoms with Crippen molar-refractivity contribution in [3.8, 4) is 11.4 Å². The summed E-state index contributed by atoms with van der Waals surface area (Å²) in [4.78, 5) is 19.8. The predicted octanol–water partition coefficient (Wildman–Crippen LogP) is 4.72. The van der Waals surface area contributed by atoms with Crippen LogP contribution in [0.25, 0.3) is 11.4 Å². The van der Waals surface area contributed by atoms with Crippen LogP contribution < -0.4 is 5.56 Å². The van der Waals surface area contributed by atoms with E-state index in [1.54, 1.807) is 0 Å². The topological polar surface area (TPSA) is 45.8 Å². The fraction of sp³-hybridized carbons (Fsp3) is 0.375. The van der Waals surface area contributed by atoms with Crippen LogP contribution in [0.15, 0.2) is 21.4 Å². The third-order valence-electron chi connectivity index (χ3n) is 3.28. The van der Waals surface area contributed by atoms with E-state index < -0.39 is 0 Å². The normalized spacial score (nSPS) is 11.8. The maximum atomic E-state index is 12.2. The maximum Gasteiger partial charge on any atom is 0.264 e. The van der Waals surface area contributed by atoms with Crippen LogP contribution in [0.3, 0.4) is 0 Å². The Balaban J connectivity index is 2.71. The highest BCUT2D eigenvalue weighted by Crippen LogP contribution is 2.29. The van der Waals surface area contributed by atoms with E-state index in [0.29, 0.717) is 9.39 Å². The molecule has 0 aliphatic rings. The second-order valence-electron chi connectivity index (χ2n) is 6.25. The molecule has 0 spiro atoms. The SMILES string of the molecule is Cc1cc(-c2nc(C(C)(C)C)c(I)c(=O)[nH]2)cc(C)c1Br. The number of aryl methyl sites for hydroxylation is 2. The molecule has 1 heterocycles. The molecular weight excluding hydrogens is 443 g/mol. The molecule has 5 heteroatoms. The molecular formula is C16H18BrIN2O. The van der Waals surface area contributed by atoms with E-state index in [1.165, 1.54) is 0 Å². The third kappa shape index (κ3) is 3.39. The minimum absolute atomic E-state index is 0.0799. The van der Waals surface area contributed by atoms with E-state index in [4.69, 9.17) is 4.98 Å². The number of halogens is 2. The molecule has 0 saturated heterocycles. The molecule has 0 aliphatic heterocycles. The molecule has 1 N–H and O–H groups in total. The van der Waals surface area contributed by atoms with Gasteiger partial charge in [-0.1, -0.05) is 36.7 Å². The quantitative estimate of drug-likeness (QED) is 0.626. The van der Waals surface area contributed by atoms with E-state index >= 15 is 0 Å². The minimum Gasteiger partial charge on any atom is -0.306 e. The molecule has 0 amide bonds. The van der Waals surface area contributed by atoms with Gasteiger partial charge in [0.1, 0.15) is 9.39 Å². The van der Waals surface area contributed by atoms with Crippen LogP contribution in [-0.2, 0) is 5.41 Å². The maximum absolute atomic E-state index is 12.2. The summed E-state index contributed by atoms with van der Waals surface area (Å²) >= 11 is 5.64. The Kier molecular flexibility index (Phi) is 4.63. The van der Waals surface area contributed by atoms with Crippen molar-refractivity contribution < 1.29 is 0 Å². The molecule has 2 aromatic rings. The standard InChI is InChI=1S/C16H18BrIN2O/c1-8-6-10(7-9(2)11(8)17)14-19-13(16(3,4)5)12(18)15(21)20-14/h6-7H,1-5H3,(H,19,20,21). The number of aromatic nitrogens is 2. The summed E-state index contributed by atoms with van der Waals surface area (Å²) in [6.45, 7) is 10.3. The van der Waals surface area contributed by atoms with Gasteiger partial charge in [-0.3, -0.25) is 4.79 Å². The van der Waals surface area contributed by atoms with Crippen LogP contribution in [0.4, 0.5) is 0 Å². The van der Waals surface area contributed by atoms with Gasteiger partial charge in [0.15, 0.2) is 0 Å². The molecule has 112 valence electrons. The van der Waals surface area contributed by atoms with Crippen molar-refractivity contribution in [2.75, 3.05) is 0 Å². The lowest BCUT2D eigenvalue weighted by Gasteiger charge is -2.20. The van der Waals surface area contributed by atoms with Crippen molar-refractivity contribution in [2.24, 2.45) is 0 Å². The van der Waals surface area contributed by atoms with Gasteiger partial charge in [0.2, 0.25) is 0 Å². The molecule has 21 heavy (non-hydrogen) atoms. The molecule has 0 bridgehead atoms. The second-order valence-corrected chi connectivity index (χ2v) is 8.12. The highest BCUT2D eigenvalue weighted by molar-refractivity contribution is 14.1. The molecule has 0 fully saturated rings. The fourth-order valence-corrected chi connectivity index (χ4v) is 3.47. The Labute approximate surface area is 146 Å². The first-order valence-corrected chi connectivity index (χ1v) is 8.56. The third-order valence-corrected chi connectivity index (χ3v) is 5.53. The number of H-pyrrole nitrogens is 1. The van der Waals surface area contributed by atoms with Crippen molar-refractivity contribution in [1.82, 2.24) is 9.97 Å². The molecule has 1 aromatic heterocycles. The van der Waals surface area contributed by atoms with E-state index in [9.17, 15) is 4.79 Å². The van der Waals surface area contributed by atoms with Gasteiger partial charge in [0.05, 0.1) is 5.69 Å². The lowest BCUT2D eigenvalue weighted by atomic mass is 9.92. The van der Waals surface area contributed by atoms with E-state index in [-0.39, 0.29) is 11.0 Å². The second kappa shape index (κ2) is 5.83. The summed E-state index contributed by atoms with van der Waals surface area (Å²) in [5, 5.41) is 0. The number of nitrogens with one attached hydrogen (secondary N) is 1. The Bertz CT molecular complexity index is 737. The number of benzene rings is 1. The van der Waals surface area contributed by atoms with Crippen LogP contribution in [0, 0.1) is 17.4 Å². The molecule has 2 rings (SSSR count). The van der Waals surface area contributed by atoms with E-state index in [0.717, 1.165) is 26.9 Å². The number of nitrogens with zero attached hydrogens (tertiary/aromatic N) is 1. The summed E-state index contributed by atoms with van der Waals surface area (Å²) in [6, 6.07) is 4.07. The summed E-state index contributed by atoms with van der Waals surface area (Å²) < 4.78 is 1.75. The van der Waals surface area contributed by atoms with Crippen LogP contribution in [0.5, 0.6) is 0 Å². The number of hydrogen-bond donors (Lipinski definition) is 1. The van der Waals surface area contributed by atoms with E-state index in [1.807, 2.05) is 26.0 Å². The number of aromatic amines is 1. The van der Waals surface area contributed by atoms with Gasteiger partial charge in [-0.2, -0.15) is 0 Å². The van der Waals surface area contributed by atoms with Gasteiger partial charge >= 0.3 is 0 Å². The summed E-state index contributed by atoms with van der Waals surface area (Å²) in [5.74, 6) is 0.629. The van der Waals surface area contributed by atoms with Crippen LogP contribution >= 0.6 is 38.5 Å². The first-order chi connectivity index (χ1) is 9.61. The van der Waals surface area contributed by atoms with Crippen molar-refractivity contribution in [3.05, 3.63) is 47.4 Å². The molecule has 0 saturated carbocycles. The molecule has 0 unspecified atom stereocenters. The van der Waals surface area contributed by atoms with Gasteiger partial charge in [0.25, 0.3) is 5.56 Å². The van der Waals surface area contributed by atoms with Gasteiger partial charge in [-0.05, 0) is 59.7 Å². The molecule has 1 aromatic carbocycles. The molecule has 0 aliphatic carbocycles. The Morgan fingerprint density at radius 1 is 1.19 bits per heavy atom. The predicted molar refractivity (Wildman–Crippen MR) is 98.9 cm³/mol. The molecule has 0 atom stereocenters. The van der Waals surface area contributed by atoms with Crippen LogP contribution in [0.1, 0.15) is 37.6 Å². The largest absolute Gasteiger partial charge is 0.306 e. The van der Waals surface area contributed by atoms with Crippen LogP contribution in [-0.4, -0.2) is 9.97 Å². The monoisotopic (exact) mass is 460 g/mol. The van der Waals surface area contributed by atoms with Gasteiger partial charge < -0.3 is 4.98 Å². The lowest BCUT2D eigenvalue weighted by molar-refractivity contribution is 0.562. The summed E-state index contributed by atoms with van der Waals surface area (Å²) in [5.41, 5.74) is 3.78. The Morgan fingerprint density at radius 3 is 2.19 bits per heavy atom. The van der Waals surface area contributed by atoms with Gasteiger partial charge in [0, 0.05) is 15.5 Å². The zero-order chi connectivity index (χ0) is 15.9. The molecule has 3 nitrogen and oxygen atoms in total. The lowest BCUT2D eigenvalue weighted by Crippen LogP contribution is -2.24. The average Bonchev–Trinajstić information content (AvgIpc) is 2.37. The smallest absolute Gasteiger partial charge is 0.264 e. The van der Waals surface area contributed by atoms with E-state index in [2.05, 4.69) is 64.3 Å². The zero-order valence-electron chi connectivity index (χ0n) is 12.8. The zero-order valence-corrected chi connectivity index (χ0v) is 16.5. The summed E-state index contributed by atoms with van der Waals surface area (Å²) in [7, 11) is 0. The Hall–Kier alpha value is -0.690. The Morgan fingerprint density at radius 2 is 1.71 bits per heavy atom. The first-order valence-electron chi connectivity index (χ1n) is 6.68. The fourth-order valence-electron chi connectivity index (χ4n) is 2.18. The number of rotatable bonds is 1. The van der Waals surface area contributed by atoms with Crippen molar-refractivity contribution >= 4 is 38.5 Å². The van der Waals surface area contributed by atoms with Crippen molar-refractivity contribution in [3.63, 3.8) is 0 Å². The first kappa shape index (κ1) is 16.7. The van der Waals surface area contributed by atoms with Crippen LogP contribution in [0.2, 0.25) is 0 Å². The van der Waals surface area contributed by atoms with Gasteiger partial charge in [-0.25, -0.2) is 4.98 Å². The van der Waals surface area contributed by atoms with Crippen molar-refractivity contribution in [2.45, 2.75) is 40.0 Å². The summed E-state index contributed by atoms with van der Waals surface area (Å²) in [6.07, 6.45) is 0. The van der Waals surface area contributed by atoms with Crippen molar-refractivity contribution in [1.29, 1.82) is 0 Å². The minimum atomic E-state index is -0.168. The van der Waals surface area contributed by atoms with Gasteiger partial charge in [-0.15, -0.1) is 0 Å². The highest BCUT2D eigenvalue weighted by Gasteiger charge is 2.22. The highest BCUT2D eigenvalue weighted by atomic mass is 127. The average molecular weight is 461 g/mol. The number of hydrogen-bond acceptors (Lipinski definition) is 2. The molecule has 0 radical (unpaired) electrons.